The van der Waals surface area contributed by atoms with Crippen LogP contribution in [0.25, 0.3) is 0 Å². The molecule has 17 heavy (non-hydrogen) atoms. The lowest BCUT2D eigenvalue weighted by Crippen LogP contribution is -2.56. The van der Waals surface area contributed by atoms with E-state index in [4.69, 9.17) is 5.11 Å². The van der Waals surface area contributed by atoms with E-state index in [0.29, 0.717) is 19.1 Å². The van der Waals surface area contributed by atoms with E-state index in [0.717, 1.165) is 19.5 Å². The van der Waals surface area contributed by atoms with Crippen LogP contribution in [-0.2, 0) is 9.59 Å². The van der Waals surface area contributed by atoms with Gasteiger partial charge < -0.3 is 10.0 Å². The van der Waals surface area contributed by atoms with Gasteiger partial charge in [0.15, 0.2) is 0 Å². The summed E-state index contributed by atoms with van der Waals surface area (Å²) in [6, 6.07) is 0.442. The average Bonchev–Trinajstić information content (AvgIpc) is 2.74. The van der Waals surface area contributed by atoms with Gasteiger partial charge in [-0.15, -0.1) is 0 Å². The summed E-state index contributed by atoms with van der Waals surface area (Å²) in [5, 5.41) is 9.07. The summed E-state index contributed by atoms with van der Waals surface area (Å²) in [7, 11) is 0. The molecule has 0 aromatic rings. The minimum absolute atomic E-state index is 0.253. The van der Waals surface area contributed by atoms with Gasteiger partial charge in [0.2, 0.25) is 5.91 Å². The SMILES string of the molecule is CC(C)(C(=O)O)C(=O)N1CCN2CCCC2C1. The van der Waals surface area contributed by atoms with Gasteiger partial charge in [-0.3, -0.25) is 14.5 Å². The van der Waals surface area contributed by atoms with Gasteiger partial charge in [0.05, 0.1) is 0 Å². The Morgan fingerprint density at radius 1 is 1.24 bits per heavy atom. The lowest BCUT2D eigenvalue weighted by molar-refractivity contribution is -0.159. The third-order valence-electron chi connectivity index (χ3n) is 3.94. The van der Waals surface area contributed by atoms with Crippen molar-refractivity contribution in [2.24, 2.45) is 5.41 Å². The lowest BCUT2D eigenvalue weighted by atomic mass is 9.91. The number of carbonyl (C=O) groups is 2. The molecule has 96 valence electrons. The van der Waals surface area contributed by atoms with E-state index < -0.39 is 11.4 Å². The molecule has 2 rings (SSSR count). The van der Waals surface area contributed by atoms with Gasteiger partial charge >= 0.3 is 5.97 Å². The Hall–Kier alpha value is -1.10. The fraction of sp³-hybridized carbons (Fsp3) is 0.833. The van der Waals surface area contributed by atoms with Gasteiger partial charge in [-0.2, -0.15) is 0 Å². The van der Waals surface area contributed by atoms with Gasteiger partial charge in [-0.05, 0) is 33.2 Å². The van der Waals surface area contributed by atoms with Crippen molar-refractivity contribution in [1.82, 2.24) is 9.80 Å². The van der Waals surface area contributed by atoms with Crippen LogP contribution in [0.4, 0.5) is 0 Å². The zero-order valence-corrected chi connectivity index (χ0v) is 10.5. The molecule has 5 nitrogen and oxygen atoms in total. The number of carboxylic acid groups (broad SMARTS) is 1. The highest BCUT2D eigenvalue weighted by Crippen LogP contribution is 2.25. The van der Waals surface area contributed by atoms with E-state index in [-0.39, 0.29) is 5.91 Å². The molecule has 1 atom stereocenters. The first-order valence-corrected chi connectivity index (χ1v) is 6.20. The van der Waals surface area contributed by atoms with E-state index in [1.165, 1.54) is 20.3 Å². The second-order valence-corrected chi connectivity index (χ2v) is 5.51. The first-order valence-electron chi connectivity index (χ1n) is 6.20. The first-order chi connectivity index (χ1) is 7.93. The van der Waals surface area contributed by atoms with Crippen molar-refractivity contribution in [3.63, 3.8) is 0 Å². The molecule has 2 saturated heterocycles. The minimum atomic E-state index is -1.30. The molecular weight excluding hydrogens is 220 g/mol. The molecule has 0 saturated carbocycles. The zero-order chi connectivity index (χ0) is 12.6. The molecule has 0 spiro atoms. The van der Waals surface area contributed by atoms with E-state index in [1.807, 2.05) is 0 Å². The van der Waals surface area contributed by atoms with Crippen molar-refractivity contribution in [3.8, 4) is 0 Å². The number of amides is 1. The first kappa shape index (κ1) is 12.4. The second kappa shape index (κ2) is 4.29. The highest BCUT2D eigenvalue weighted by Gasteiger charge is 2.42. The van der Waals surface area contributed by atoms with Crippen LogP contribution in [-0.4, -0.2) is 59.0 Å². The number of hydrogen-bond donors (Lipinski definition) is 1. The molecule has 2 fully saturated rings. The van der Waals surface area contributed by atoms with Gasteiger partial charge in [-0.1, -0.05) is 0 Å². The number of carbonyl (C=O) groups excluding carboxylic acids is 1. The number of carboxylic acids is 1. The highest BCUT2D eigenvalue weighted by atomic mass is 16.4. The summed E-state index contributed by atoms with van der Waals surface area (Å²) in [5.74, 6) is -1.30. The molecular formula is C12H20N2O3. The Balaban J connectivity index is 2.04. The van der Waals surface area contributed by atoms with E-state index >= 15 is 0 Å². The molecule has 0 radical (unpaired) electrons. The van der Waals surface area contributed by atoms with Gasteiger partial charge in [0, 0.05) is 25.7 Å². The van der Waals surface area contributed by atoms with Crippen LogP contribution < -0.4 is 0 Å². The summed E-state index contributed by atoms with van der Waals surface area (Å²) < 4.78 is 0. The van der Waals surface area contributed by atoms with E-state index in [9.17, 15) is 9.59 Å². The summed E-state index contributed by atoms with van der Waals surface area (Å²) in [4.78, 5) is 27.4. The molecule has 1 N–H and O–H groups in total. The van der Waals surface area contributed by atoms with Crippen molar-refractivity contribution in [2.45, 2.75) is 32.7 Å². The fourth-order valence-electron chi connectivity index (χ4n) is 2.66. The molecule has 0 aromatic carbocycles. The van der Waals surface area contributed by atoms with E-state index in [2.05, 4.69) is 4.90 Å². The number of nitrogens with zero attached hydrogens (tertiary/aromatic N) is 2. The molecule has 5 heteroatoms. The third kappa shape index (κ3) is 2.16. The van der Waals surface area contributed by atoms with Gasteiger partial charge in [-0.25, -0.2) is 0 Å². The molecule has 1 amide bonds. The number of piperazine rings is 1. The number of aliphatic carboxylic acids is 1. The Morgan fingerprint density at radius 3 is 2.59 bits per heavy atom. The zero-order valence-electron chi connectivity index (χ0n) is 10.5. The summed E-state index contributed by atoms with van der Waals surface area (Å²) >= 11 is 0. The lowest BCUT2D eigenvalue weighted by Gasteiger charge is -2.39. The standard InChI is InChI=1S/C12H20N2O3/c1-12(2,11(16)17)10(15)14-7-6-13-5-3-4-9(13)8-14/h9H,3-8H2,1-2H3,(H,16,17). The van der Waals surface area contributed by atoms with Crippen LogP contribution in [0.5, 0.6) is 0 Å². The molecule has 0 aromatic heterocycles. The Kier molecular flexibility index (Phi) is 3.12. The van der Waals surface area contributed by atoms with Crippen LogP contribution in [0.3, 0.4) is 0 Å². The normalized spacial score (nSPS) is 25.8. The number of hydrogen-bond acceptors (Lipinski definition) is 3. The monoisotopic (exact) mass is 240 g/mol. The maximum Gasteiger partial charge on any atom is 0.318 e. The molecule has 2 heterocycles. The summed E-state index contributed by atoms with van der Waals surface area (Å²) in [6.07, 6.45) is 2.31. The van der Waals surface area contributed by atoms with Crippen LogP contribution in [0.15, 0.2) is 0 Å². The van der Waals surface area contributed by atoms with Gasteiger partial charge in [0.25, 0.3) is 0 Å². The summed E-state index contributed by atoms with van der Waals surface area (Å²) in [6.45, 7) is 6.32. The molecule has 0 bridgehead atoms. The maximum absolute atomic E-state index is 12.2. The van der Waals surface area contributed by atoms with Crippen LogP contribution in [0.1, 0.15) is 26.7 Å². The van der Waals surface area contributed by atoms with Crippen LogP contribution in [0.2, 0.25) is 0 Å². The van der Waals surface area contributed by atoms with Gasteiger partial charge in [0.1, 0.15) is 5.41 Å². The van der Waals surface area contributed by atoms with Crippen LogP contribution in [0, 0.1) is 5.41 Å². The van der Waals surface area contributed by atoms with E-state index in [1.54, 1.807) is 4.90 Å². The highest BCUT2D eigenvalue weighted by molar-refractivity contribution is 6.01. The van der Waals surface area contributed by atoms with Crippen molar-refractivity contribution < 1.29 is 14.7 Å². The minimum Gasteiger partial charge on any atom is -0.480 e. The molecule has 2 aliphatic rings. The average molecular weight is 240 g/mol. The second-order valence-electron chi connectivity index (χ2n) is 5.51. The molecule has 1 unspecified atom stereocenters. The Morgan fingerprint density at radius 2 is 1.94 bits per heavy atom. The fourth-order valence-corrected chi connectivity index (χ4v) is 2.66. The largest absolute Gasteiger partial charge is 0.480 e. The predicted molar refractivity (Wildman–Crippen MR) is 62.6 cm³/mol. The van der Waals surface area contributed by atoms with Crippen molar-refractivity contribution in [2.75, 3.05) is 26.2 Å². The Bertz CT molecular complexity index is 341. The predicted octanol–water partition coefficient (Wildman–Crippen LogP) is 0.404. The Labute approximate surface area is 101 Å². The third-order valence-corrected chi connectivity index (χ3v) is 3.94. The maximum atomic E-state index is 12.2. The van der Waals surface area contributed by atoms with Crippen LogP contribution >= 0.6 is 0 Å². The number of rotatable bonds is 2. The quantitative estimate of drug-likeness (QED) is 0.710. The smallest absolute Gasteiger partial charge is 0.318 e. The number of fused-ring (bicyclic) bond motifs is 1. The van der Waals surface area contributed by atoms with Crippen molar-refractivity contribution in [3.05, 3.63) is 0 Å². The topological polar surface area (TPSA) is 60.9 Å². The molecule has 2 aliphatic heterocycles. The van der Waals surface area contributed by atoms with Crippen molar-refractivity contribution in [1.29, 1.82) is 0 Å². The molecule has 0 aliphatic carbocycles. The summed E-state index contributed by atoms with van der Waals surface area (Å²) in [5.41, 5.74) is -1.30. The van der Waals surface area contributed by atoms with Crippen molar-refractivity contribution >= 4 is 11.9 Å².